The molecule has 1 fully saturated rings. The van der Waals surface area contributed by atoms with Crippen molar-refractivity contribution in [3.8, 4) is 0 Å². The van der Waals surface area contributed by atoms with Crippen LogP contribution in [-0.2, 0) is 6.42 Å². The normalized spacial score (nSPS) is 18.0. The van der Waals surface area contributed by atoms with Crippen molar-refractivity contribution in [2.24, 2.45) is 0 Å². The topological polar surface area (TPSA) is 40.1 Å². The molecule has 0 aliphatic carbocycles. The summed E-state index contributed by atoms with van der Waals surface area (Å²) in [6.07, 6.45) is 2.06. The predicted octanol–water partition coefficient (Wildman–Crippen LogP) is 0.777. The van der Waals surface area contributed by atoms with Gasteiger partial charge in [-0.2, -0.15) is 5.10 Å². The number of aromatic amines is 1. The minimum Gasteiger partial charge on any atom is -0.306 e. The van der Waals surface area contributed by atoms with E-state index in [0.717, 1.165) is 44.8 Å². The molecular weight excluding hydrogens is 222 g/mol. The number of piperazine rings is 1. The van der Waals surface area contributed by atoms with Gasteiger partial charge in [0.1, 0.15) is 0 Å². The predicted molar refractivity (Wildman–Crippen MR) is 66.9 cm³/mol. The molecule has 1 aliphatic rings. The molecule has 0 radical (unpaired) electrons. The Morgan fingerprint density at radius 2 is 2.00 bits per heavy atom. The van der Waals surface area contributed by atoms with E-state index in [1.54, 1.807) is 0 Å². The third-order valence-corrected chi connectivity index (χ3v) is 3.22. The number of hydrogen-bond acceptors (Lipinski definition) is 4. The lowest BCUT2D eigenvalue weighted by Gasteiger charge is -2.34. The Balaban J connectivity index is 2.18. The first-order valence-electron chi connectivity index (χ1n) is 5.82. The lowest BCUT2D eigenvalue weighted by atomic mass is 10.3. The minimum absolute atomic E-state index is 0.716. The van der Waals surface area contributed by atoms with E-state index in [2.05, 4.69) is 38.8 Å². The van der Waals surface area contributed by atoms with E-state index in [4.69, 9.17) is 12.2 Å². The van der Waals surface area contributed by atoms with E-state index in [9.17, 15) is 0 Å². The number of nitrogens with one attached hydrogen (secondary N) is 1. The van der Waals surface area contributed by atoms with Crippen molar-refractivity contribution in [3.05, 3.63) is 10.6 Å². The molecule has 1 saturated heterocycles. The van der Waals surface area contributed by atoms with E-state index in [1.807, 2.05) is 0 Å². The highest BCUT2D eigenvalue weighted by molar-refractivity contribution is 7.71. The van der Waals surface area contributed by atoms with Crippen LogP contribution in [0, 0.1) is 4.77 Å². The second kappa shape index (κ2) is 4.97. The molecule has 90 valence electrons. The van der Waals surface area contributed by atoms with E-state index >= 15 is 0 Å². The average Bonchev–Trinajstić information content (AvgIpc) is 2.62. The van der Waals surface area contributed by atoms with Crippen molar-refractivity contribution in [1.29, 1.82) is 0 Å². The van der Waals surface area contributed by atoms with Gasteiger partial charge in [-0.15, -0.1) is 0 Å². The number of rotatable bonds is 3. The third-order valence-electron chi connectivity index (χ3n) is 2.95. The van der Waals surface area contributed by atoms with Crippen molar-refractivity contribution >= 4 is 12.2 Å². The first-order valence-corrected chi connectivity index (χ1v) is 6.23. The fraction of sp³-hybridized carbons (Fsp3) is 0.800. The third kappa shape index (κ3) is 2.27. The van der Waals surface area contributed by atoms with E-state index in [-0.39, 0.29) is 0 Å². The molecule has 5 nitrogen and oxygen atoms in total. The zero-order valence-electron chi connectivity index (χ0n) is 9.94. The summed E-state index contributed by atoms with van der Waals surface area (Å²) in [5.74, 6) is 1.05. The molecule has 1 N–H and O–H groups in total. The molecule has 0 unspecified atom stereocenters. The summed E-state index contributed by atoms with van der Waals surface area (Å²) in [7, 11) is 2.15. The number of hydrogen-bond donors (Lipinski definition) is 1. The van der Waals surface area contributed by atoms with Crippen LogP contribution in [0.5, 0.6) is 0 Å². The molecular formula is C10H19N5S. The first kappa shape index (κ1) is 11.6. The van der Waals surface area contributed by atoms with Crippen LogP contribution in [0.3, 0.4) is 0 Å². The highest BCUT2D eigenvalue weighted by Crippen LogP contribution is 2.06. The molecule has 0 amide bonds. The number of aromatic nitrogens is 3. The van der Waals surface area contributed by atoms with Gasteiger partial charge in [0.2, 0.25) is 4.77 Å². The van der Waals surface area contributed by atoms with Crippen LogP contribution in [0.2, 0.25) is 0 Å². The van der Waals surface area contributed by atoms with E-state index in [0.29, 0.717) is 4.77 Å². The van der Waals surface area contributed by atoms with Crippen molar-refractivity contribution in [3.63, 3.8) is 0 Å². The van der Waals surface area contributed by atoms with Crippen LogP contribution in [0.25, 0.3) is 0 Å². The number of likely N-dealkylation sites (N-methyl/N-ethyl adjacent to an activating group) is 1. The van der Waals surface area contributed by atoms with Gasteiger partial charge in [0.25, 0.3) is 0 Å². The Morgan fingerprint density at radius 1 is 1.31 bits per heavy atom. The Labute approximate surface area is 101 Å². The molecule has 16 heavy (non-hydrogen) atoms. The van der Waals surface area contributed by atoms with Crippen LogP contribution >= 0.6 is 12.2 Å². The van der Waals surface area contributed by atoms with E-state index in [1.165, 1.54) is 0 Å². The Morgan fingerprint density at radius 3 is 2.62 bits per heavy atom. The quantitative estimate of drug-likeness (QED) is 0.794. The van der Waals surface area contributed by atoms with E-state index < -0.39 is 0 Å². The van der Waals surface area contributed by atoms with Crippen molar-refractivity contribution in [2.75, 3.05) is 38.2 Å². The Bertz CT molecular complexity index is 388. The summed E-state index contributed by atoms with van der Waals surface area (Å²) < 4.78 is 2.79. The van der Waals surface area contributed by atoms with Crippen molar-refractivity contribution in [2.45, 2.75) is 19.8 Å². The molecule has 1 aromatic heterocycles. The lowest BCUT2D eigenvalue weighted by Crippen LogP contribution is -2.50. The molecule has 2 rings (SSSR count). The molecule has 6 heteroatoms. The smallest absolute Gasteiger partial charge is 0.214 e. The molecule has 2 heterocycles. The maximum atomic E-state index is 5.29. The van der Waals surface area contributed by atoms with Crippen LogP contribution in [0.1, 0.15) is 19.2 Å². The summed E-state index contributed by atoms with van der Waals surface area (Å²) in [6.45, 7) is 6.35. The van der Waals surface area contributed by atoms with Crippen LogP contribution in [0.4, 0.5) is 0 Å². The number of aryl methyl sites for hydroxylation is 1. The SMILES string of the molecule is CCCc1n[nH]c(=S)n1N1CCN(C)CC1. The fourth-order valence-corrected chi connectivity index (χ4v) is 2.26. The second-order valence-corrected chi connectivity index (χ2v) is 4.65. The Hall–Kier alpha value is -0.880. The standard InChI is InChI=1S/C10H19N5S/c1-3-4-9-11-12-10(16)15(9)14-7-5-13(2)6-8-14/h3-8H2,1-2H3,(H,12,16). The van der Waals surface area contributed by atoms with Gasteiger partial charge in [0.15, 0.2) is 5.82 Å². The minimum atomic E-state index is 0.716. The molecule has 1 aromatic rings. The van der Waals surface area contributed by atoms with Crippen LogP contribution in [0.15, 0.2) is 0 Å². The summed E-state index contributed by atoms with van der Waals surface area (Å²) in [6, 6.07) is 0. The zero-order chi connectivity index (χ0) is 11.5. The Kier molecular flexibility index (Phi) is 3.60. The van der Waals surface area contributed by atoms with Gasteiger partial charge >= 0.3 is 0 Å². The maximum Gasteiger partial charge on any atom is 0.214 e. The van der Waals surface area contributed by atoms with Gasteiger partial charge < -0.3 is 9.91 Å². The van der Waals surface area contributed by atoms with Crippen molar-refractivity contribution in [1.82, 2.24) is 19.8 Å². The van der Waals surface area contributed by atoms with Gasteiger partial charge in [-0.05, 0) is 25.7 Å². The fourth-order valence-electron chi connectivity index (χ4n) is 2.00. The number of nitrogens with zero attached hydrogens (tertiary/aromatic N) is 4. The van der Waals surface area contributed by atoms with Gasteiger partial charge in [0, 0.05) is 32.6 Å². The molecule has 0 aromatic carbocycles. The molecule has 0 saturated carbocycles. The molecule has 0 spiro atoms. The van der Waals surface area contributed by atoms with Gasteiger partial charge in [-0.3, -0.25) is 5.10 Å². The average molecular weight is 241 g/mol. The second-order valence-electron chi connectivity index (χ2n) is 4.26. The van der Waals surface area contributed by atoms with Crippen LogP contribution in [-0.4, -0.2) is 53.0 Å². The summed E-state index contributed by atoms with van der Waals surface area (Å²) in [5, 5.41) is 9.47. The lowest BCUT2D eigenvalue weighted by molar-refractivity contribution is 0.284. The number of H-pyrrole nitrogens is 1. The molecule has 0 bridgehead atoms. The van der Waals surface area contributed by atoms with Crippen LogP contribution < -0.4 is 5.01 Å². The van der Waals surface area contributed by atoms with Crippen molar-refractivity contribution < 1.29 is 0 Å². The first-order chi connectivity index (χ1) is 7.72. The van der Waals surface area contributed by atoms with Gasteiger partial charge in [-0.1, -0.05) is 6.92 Å². The zero-order valence-corrected chi connectivity index (χ0v) is 10.8. The largest absolute Gasteiger partial charge is 0.306 e. The maximum absolute atomic E-state index is 5.29. The summed E-state index contributed by atoms with van der Waals surface area (Å²) in [5.41, 5.74) is 0. The molecule has 0 atom stereocenters. The summed E-state index contributed by atoms with van der Waals surface area (Å²) in [4.78, 5) is 2.33. The molecule has 1 aliphatic heterocycles. The summed E-state index contributed by atoms with van der Waals surface area (Å²) >= 11 is 5.29. The van der Waals surface area contributed by atoms with Gasteiger partial charge in [-0.25, -0.2) is 4.68 Å². The highest BCUT2D eigenvalue weighted by Gasteiger charge is 2.17. The highest BCUT2D eigenvalue weighted by atomic mass is 32.1. The monoisotopic (exact) mass is 241 g/mol. The van der Waals surface area contributed by atoms with Gasteiger partial charge in [0.05, 0.1) is 0 Å².